The molecular formula is C15H24N4O. The van der Waals surface area contributed by atoms with E-state index in [1.165, 1.54) is 0 Å². The highest BCUT2D eigenvalue weighted by Crippen LogP contribution is 2.22. The number of hydrogen-bond acceptors (Lipinski definition) is 4. The zero-order valence-corrected chi connectivity index (χ0v) is 12.8. The first-order valence-corrected chi connectivity index (χ1v) is 7.20. The van der Waals surface area contributed by atoms with E-state index in [1.807, 2.05) is 16.8 Å². The summed E-state index contributed by atoms with van der Waals surface area (Å²) < 4.78 is 7.78. The number of nitrogens with one attached hydrogen (secondary N) is 1. The standard InChI is InChI=1S/C15H24N4O/c1-5-7-16-12-11-19-9-8-17-13(19)14(18-12)20-10-6-15(2,3)4/h8-9,11,16H,5-7,10H2,1-4H3. The largest absolute Gasteiger partial charge is 0.475 e. The molecule has 5 nitrogen and oxygen atoms in total. The Morgan fingerprint density at radius 2 is 2.15 bits per heavy atom. The molecule has 5 heteroatoms. The van der Waals surface area contributed by atoms with E-state index in [2.05, 4.69) is 43.0 Å². The first-order valence-electron chi connectivity index (χ1n) is 7.20. The molecule has 2 heterocycles. The van der Waals surface area contributed by atoms with E-state index >= 15 is 0 Å². The predicted octanol–water partition coefficient (Wildman–Crippen LogP) is 3.37. The summed E-state index contributed by atoms with van der Waals surface area (Å²) >= 11 is 0. The van der Waals surface area contributed by atoms with Crippen LogP contribution in [-0.2, 0) is 0 Å². The molecule has 2 rings (SSSR count). The summed E-state index contributed by atoms with van der Waals surface area (Å²) in [6.07, 6.45) is 7.65. The van der Waals surface area contributed by atoms with Crippen LogP contribution in [0.5, 0.6) is 5.88 Å². The molecule has 1 N–H and O–H groups in total. The molecule has 20 heavy (non-hydrogen) atoms. The van der Waals surface area contributed by atoms with Crippen molar-refractivity contribution in [2.45, 2.75) is 40.5 Å². The summed E-state index contributed by atoms with van der Waals surface area (Å²) in [6.45, 7) is 10.3. The van der Waals surface area contributed by atoms with Gasteiger partial charge in [-0.05, 0) is 18.3 Å². The molecule has 0 aromatic carbocycles. The lowest BCUT2D eigenvalue weighted by Crippen LogP contribution is -2.12. The van der Waals surface area contributed by atoms with Gasteiger partial charge in [0, 0.05) is 18.9 Å². The van der Waals surface area contributed by atoms with Gasteiger partial charge in [0.2, 0.25) is 5.65 Å². The molecule has 0 aliphatic rings. The highest BCUT2D eigenvalue weighted by molar-refractivity contribution is 5.53. The predicted molar refractivity (Wildman–Crippen MR) is 81.3 cm³/mol. The van der Waals surface area contributed by atoms with Gasteiger partial charge in [0.25, 0.3) is 5.88 Å². The Labute approximate surface area is 120 Å². The van der Waals surface area contributed by atoms with Crippen molar-refractivity contribution < 1.29 is 4.74 Å². The van der Waals surface area contributed by atoms with Gasteiger partial charge in [-0.25, -0.2) is 4.98 Å². The van der Waals surface area contributed by atoms with E-state index in [1.54, 1.807) is 6.20 Å². The molecular weight excluding hydrogens is 252 g/mol. The fraction of sp³-hybridized carbons (Fsp3) is 0.600. The lowest BCUT2D eigenvalue weighted by molar-refractivity contribution is 0.238. The summed E-state index contributed by atoms with van der Waals surface area (Å²) in [5, 5.41) is 3.28. The lowest BCUT2D eigenvalue weighted by Gasteiger charge is -2.18. The zero-order chi connectivity index (χ0) is 14.6. The third-order valence-corrected chi connectivity index (χ3v) is 2.99. The van der Waals surface area contributed by atoms with Gasteiger partial charge in [0.15, 0.2) is 0 Å². The summed E-state index contributed by atoms with van der Waals surface area (Å²) in [4.78, 5) is 8.82. The van der Waals surface area contributed by atoms with Crippen molar-refractivity contribution in [1.29, 1.82) is 0 Å². The number of anilines is 1. The summed E-state index contributed by atoms with van der Waals surface area (Å²) in [6, 6.07) is 0. The molecule has 2 aromatic heterocycles. The maximum Gasteiger partial charge on any atom is 0.260 e. The Morgan fingerprint density at radius 1 is 1.35 bits per heavy atom. The minimum Gasteiger partial charge on any atom is -0.475 e. The molecule has 0 bridgehead atoms. The van der Waals surface area contributed by atoms with Crippen molar-refractivity contribution in [2.75, 3.05) is 18.5 Å². The molecule has 0 unspecified atom stereocenters. The first-order chi connectivity index (χ1) is 9.49. The highest BCUT2D eigenvalue weighted by Gasteiger charge is 2.13. The average Bonchev–Trinajstić information content (AvgIpc) is 2.83. The third kappa shape index (κ3) is 3.85. The number of hydrogen-bond donors (Lipinski definition) is 1. The van der Waals surface area contributed by atoms with Crippen LogP contribution in [0.15, 0.2) is 18.6 Å². The molecule has 0 radical (unpaired) electrons. The van der Waals surface area contributed by atoms with Crippen LogP contribution in [0.2, 0.25) is 0 Å². The van der Waals surface area contributed by atoms with Crippen molar-refractivity contribution in [3.63, 3.8) is 0 Å². The van der Waals surface area contributed by atoms with Gasteiger partial charge in [-0.2, -0.15) is 4.98 Å². The fourth-order valence-electron chi connectivity index (χ4n) is 1.79. The Bertz CT molecular complexity index is 556. The number of ether oxygens (including phenoxy) is 1. The number of nitrogens with zero attached hydrogens (tertiary/aromatic N) is 3. The fourth-order valence-corrected chi connectivity index (χ4v) is 1.79. The third-order valence-electron chi connectivity index (χ3n) is 2.99. The number of rotatable bonds is 6. The molecule has 0 aliphatic heterocycles. The molecule has 0 saturated heterocycles. The second-order valence-corrected chi connectivity index (χ2v) is 6.18. The van der Waals surface area contributed by atoms with Crippen molar-refractivity contribution in [3.8, 4) is 5.88 Å². The second kappa shape index (κ2) is 6.11. The maximum absolute atomic E-state index is 5.84. The van der Waals surface area contributed by atoms with Crippen LogP contribution in [0, 0.1) is 5.41 Å². The molecule has 0 fully saturated rings. The molecule has 0 amide bonds. The Balaban J connectivity index is 2.15. The SMILES string of the molecule is CCCNc1cn2ccnc2c(OCCC(C)(C)C)n1. The van der Waals surface area contributed by atoms with Gasteiger partial charge in [-0.1, -0.05) is 27.7 Å². The van der Waals surface area contributed by atoms with Crippen molar-refractivity contribution >= 4 is 11.5 Å². The van der Waals surface area contributed by atoms with Crippen molar-refractivity contribution in [3.05, 3.63) is 18.6 Å². The molecule has 2 aromatic rings. The van der Waals surface area contributed by atoms with Gasteiger partial charge >= 0.3 is 0 Å². The topological polar surface area (TPSA) is 51.5 Å². The molecule has 0 saturated carbocycles. The average molecular weight is 276 g/mol. The van der Waals surface area contributed by atoms with Gasteiger partial charge in [0.1, 0.15) is 5.82 Å². The van der Waals surface area contributed by atoms with Crippen LogP contribution in [-0.4, -0.2) is 27.5 Å². The quantitative estimate of drug-likeness (QED) is 0.879. The number of aromatic nitrogens is 3. The van der Waals surface area contributed by atoms with Crippen LogP contribution in [0.3, 0.4) is 0 Å². The molecule has 110 valence electrons. The number of imidazole rings is 1. The molecule has 0 aliphatic carbocycles. The molecule has 0 atom stereocenters. The van der Waals surface area contributed by atoms with E-state index < -0.39 is 0 Å². The van der Waals surface area contributed by atoms with Crippen molar-refractivity contribution in [2.24, 2.45) is 5.41 Å². The van der Waals surface area contributed by atoms with Crippen LogP contribution in [0.4, 0.5) is 5.82 Å². The van der Waals surface area contributed by atoms with Gasteiger partial charge < -0.3 is 10.1 Å². The lowest BCUT2D eigenvalue weighted by atomic mass is 9.93. The second-order valence-electron chi connectivity index (χ2n) is 6.18. The van der Waals surface area contributed by atoms with Crippen LogP contribution in [0.1, 0.15) is 40.5 Å². The van der Waals surface area contributed by atoms with Gasteiger partial charge in [0.05, 0.1) is 12.8 Å². The Kier molecular flexibility index (Phi) is 4.47. The Morgan fingerprint density at radius 3 is 2.85 bits per heavy atom. The number of fused-ring (bicyclic) bond motifs is 1. The van der Waals surface area contributed by atoms with Gasteiger partial charge in [-0.15, -0.1) is 0 Å². The van der Waals surface area contributed by atoms with E-state index in [9.17, 15) is 0 Å². The normalized spacial score (nSPS) is 11.8. The van der Waals surface area contributed by atoms with Crippen LogP contribution < -0.4 is 10.1 Å². The summed E-state index contributed by atoms with van der Waals surface area (Å²) in [5.41, 5.74) is 1.02. The highest BCUT2D eigenvalue weighted by atomic mass is 16.5. The van der Waals surface area contributed by atoms with Crippen LogP contribution >= 0.6 is 0 Å². The molecule has 0 spiro atoms. The van der Waals surface area contributed by atoms with E-state index in [0.717, 1.165) is 30.9 Å². The summed E-state index contributed by atoms with van der Waals surface area (Å²) in [5.74, 6) is 1.42. The van der Waals surface area contributed by atoms with Crippen LogP contribution in [0.25, 0.3) is 5.65 Å². The maximum atomic E-state index is 5.84. The van der Waals surface area contributed by atoms with E-state index in [0.29, 0.717) is 12.5 Å². The zero-order valence-electron chi connectivity index (χ0n) is 12.8. The first kappa shape index (κ1) is 14.6. The van der Waals surface area contributed by atoms with E-state index in [-0.39, 0.29) is 5.41 Å². The monoisotopic (exact) mass is 276 g/mol. The minimum absolute atomic E-state index is 0.254. The summed E-state index contributed by atoms with van der Waals surface area (Å²) in [7, 11) is 0. The van der Waals surface area contributed by atoms with E-state index in [4.69, 9.17) is 4.74 Å². The van der Waals surface area contributed by atoms with Gasteiger partial charge in [-0.3, -0.25) is 4.40 Å². The minimum atomic E-state index is 0.254. The Hall–Kier alpha value is -1.78. The van der Waals surface area contributed by atoms with Crippen molar-refractivity contribution in [1.82, 2.24) is 14.4 Å². The smallest absolute Gasteiger partial charge is 0.260 e.